The number of aliphatic hydroxyl groups is 1. The van der Waals surface area contributed by atoms with Crippen molar-refractivity contribution in [2.45, 2.75) is 31.9 Å². The Morgan fingerprint density at radius 3 is 2.62 bits per heavy atom. The molecule has 1 fully saturated rings. The van der Waals surface area contributed by atoms with Crippen molar-refractivity contribution in [3.8, 4) is 0 Å². The van der Waals surface area contributed by atoms with E-state index in [-0.39, 0.29) is 23.9 Å². The summed E-state index contributed by atoms with van der Waals surface area (Å²) in [5.74, 6) is -0.149. The van der Waals surface area contributed by atoms with Gasteiger partial charge in [0.1, 0.15) is 0 Å². The van der Waals surface area contributed by atoms with Gasteiger partial charge in [0.05, 0.1) is 6.10 Å². The number of carbonyl (C=O) groups excluding carboxylic acids is 1. The third-order valence-corrected chi connectivity index (χ3v) is 4.68. The molecule has 1 aromatic carbocycles. The van der Waals surface area contributed by atoms with Gasteiger partial charge in [0.2, 0.25) is 0 Å². The van der Waals surface area contributed by atoms with Crippen LogP contribution in [-0.4, -0.2) is 39.7 Å². The van der Waals surface area contributed by atoms with Crippen LogP contribution in [-0.2, 0) is 6.54 Å². The molecule has 3 rings (SSSR count). The molecule has 1 aliphatic heterocycles. The Bertz CT molecular complexity index is 770. The highest BCUT2D eigenvalue weighted by molar-refractivity contribution is 5.94. The van der Waals surface area contributed by atoms with E-state index in [1.807, 2.05) is 37.3 Å². The van der Waals surface area contributed by atoms with E-state index < -0.39 is 6.10 Å². The first-order valence-corrected chi connectivity index (χ1v) is 8.33. The Morgan fingerprint density at radius 2 is 2.00 bits per heavy atom. The lowest BCUT2D eigenvalue weighted by Crippen LogP contribution is -2.46. The maximum Gasteiger partial charge on any atom is 0.254 e. The maximum absolute atomic E-state index is 12.6. The molecule has 0 bridgehead atoms. The molecule has 2 heterocycles. The van der Waals surface area contributed by atoms with Crippen molar-refractivity contribution in [2.24, 2.45) is 0 Å². The van der Waals surface area contributed by atoms with Crippen molar-refractivity contribution in [3.05, 3.63) is 70.1 Å². The van der Waals surface area contributed by atoms with Crippen LogP contribution in [0.4, 0.5) is 0 Å². The molecule has 1 saturated heterocycles. The monoisotopic (exact) mass is 326 g/mol. The number of aryl methyl sites for hydroxylation is 1. The van der Waals surface area contributed by atoms with Gasteiger partial charge in [-0.1, -0.05) is 30.3 Å². The summed E-state index contributed by atoms with van der Waals surface area (Å²) in [5, 5.41) is 10.5. The highest BCUT2D eigenvalue weighted by atomic mass is 16.3. The number of hydrogen-bond acceptors (Lipinski definition) is 3. The van der Waals surface area contributed by atoms with Gasteiger partial charge in [0, 0.05) is 43.4 Å². The second-order valence-corrected chi connectivity index (χ2v) is 6.16. The minimum atomic E-state index is -0.596. The van der Waals surface area contributed by atoms with Gasteiger partial charge < -0.3 is 14.6 Å². The number of rotatable bonds is 3. The van der Waals surface area contributed by atoms with Crippen LogP contribution in [0.2, 0.25) is 0 Å². The number of likely N-dealkylation sites (tertiary alicyclic amines) is 1. The van der Waals surface area contributed by atoms with E-state index in [0.29, 0.717) is 25.1 Å². The molecule has 1 aromatic heterocycles. The van der Waals surface area contributed by atoms with Gasteiger partial charge in [-0.2, -0.15) is 0 Å². The number of piperidine rings is 1. The molecule has 0 aliphatic carbocycles. The zero-order valence-corrected chi connectivity index (χ0v) is 13.8. The molecule has 5 heteroatoms. The highest BCUT2D eigenvalue weighted by Gasteiger charge is 2.31. The van der Waals surface area contributed by atoms with Crippen molar-refractivity contribution in [2.75, 3.05) is 13.1 Å². The summed E-state index contributed by atoms with van der Waals surface area (Å²) in [6, 6.07) is 12.9. The molecule has 2 aromatic rings. The molecule has 5 nitrogen and oxygen atoms in total. The number of benzene rings is 1. The van der Waals surface area contributed by atoms with Gasteiger partial charge in [-0.3, -0.25) is 9.59 Å². The fourth-order valence-corrected chi connectivity index (χ4v) is 3.29. The highest BCUT2D eigenvalue weighted by Crippen LogP contribution is 2.28. The molecule has 0 unspecified atom stereocenters. The fraction of sp³-hybridized carbons (Fsp3) is 0.368. The Labute approximate surface area is 141 Å². The van der Waals surface area contributed by atoms with Crippen molar-refractivity contribution in [1.82, 2.24) is 9.47 Å². The second kappa shape index (κ2) is 7.01. The number of β-amino-alcohol motifs (C(OH)–C–C–N with tert-alkyl or cyclic N) is 1. The third-order valence-electron chi connectivity index (χ3n) is 4.68. The normalized spacial score (nSPS) is 20.8. The van der Waals surface area contributed by atoms with Gasteiger partial charge in [0.25, 0.3) is 11.5 Å². The number of nitrogens with zero attached hydrogens (tertiary/aromatic N) is 2. The minimum Gasteiger partial charge on any atom is -0.391 e. The predicted molar refractivity (Wildman–Crippen MR) is 92.1 cm³/mol. The zero-order valence-electron chi connectivity index (χ0n) is 13.8. The minimum absolute atomic E-state index is 0.0448. The Balaban J connectivity index is 1.72. The molecule has 1 aliphatic rings. The second-order valence-electron chi connectivity index (χ2n) is 6.16. The molecule has 0 radical (unpaired) electrons. The lowest BCUT2D eigenvalue weighted by molar-refractivity contribution is 0.0382. The molecule has 0 saturated carbocycles. The van der Waals surface area contributed by atoms with Gasteiger partial charge >= 0.3 is 0 Å². The predicted octanol–water partition coefficient (Wildman–Crippen LogP) is 1.86. The fourth-order valence-electron chi connectivity index (χ4n) is 3.29. The Kier molecular flexibility index (Phi) is 4.81. The standard InChI is InChI=1S/C19H22N2O3/c1-2-20-10-8-15(12-18(20)23)19(24)21-11-9-16(17(22)13-21)14-6-4-3-5-7-14/h3-8,10,12,16-17,22H,2,9,11,13H2,1H3/t16-,17-/m1/s1. The van der Waals surface area contributed by atoms with Gasteiger partial charge in [-0.25, -0.2) is 0 Å². The summed E-state index contributed by atoms with van der Waals surface area (Å²) in [7, 11) is 0. The van der Waals surface area contributed by atoms with Gasteiger partial charge in [-0.15, -0.1) is 0 Å². The SMILES string of the molecule is CCn1ccc(C(=O)N2CC[C@H](c3ccccc3)[C@H](O)C2)cc1=O. The van der Waals surface area contributed by atoms with Crippen molar-refractivity contribution in [1.29, 1.82) is 0 Å². The number of amides is 1. The first kappa shape index (κ1) is 16.5. The topological polar surface area (TPSA) is 62.5 Å². The quantitative estimate of drug-likeness (QED) is 0.936. The van der Waals surface area contributed by atoms with Gasteiger partial charge in [0.15, 0.2) is 0 Å². The summed E-state index contributed by atoms with van der Waals surface area (Å²) < 4.78 is 1.55. The third kappa shape index (κ3) is 3.26. The van der Waals surface area contributed by atoms with Crippen LogP contribution in [0.25, 0.3) is 0 Å². The molecular weight excluding hydrogens is 304 g/mol. The summed E-state index contributed by atoms with van der Waals surface area (Å²) in [6.45, 7) is 3.32. The van der Waals surface area contributed by atoms with E-state index in [1.54, 1.807) is 21.7 Å². The number of carbonyl (C=O) groups is 1. The van der Waals surface area contributed by atoms with Crippen LogP contribution in [0.1, 0.15) is 35.2 Å². The summed E-state index contributed by atoms with van der Waals surface area (Å²) in [6.07, 6.45) is 1.76. The van der Waals surface area contributed by atoms with E-state index in [2.05, 4.69) is 0 Å². The van der Waals surface area contributed by atoms with Crippen molar-refractivity contribution < 1.29 is 9.90 Å². The van der Waals surface area contributed by atoms with Crippen molar-refractivity contribution >= 4 is 5.91 Å². The van der Waals surface area contributed by atoms with Crippen LogP contribution in [0, 0.1) is 0 Å². The number of pyridine rings is 1. The summed E-state index contributed by atoms with van der Waals surface area (Å²) in [4.78, 5) is 26.1. The lowest BCUT2D eigenvalue weighted by Gasteiger charge is -2.36. The molecule has 1 amide bonds. The largest absolute Gasteiger partial charge is 0.391 e. The van der Waals surface area contributed by atoms with Gasteiger partial charge in [-0.05, 0) is 25.0 Å². The lowest BCUT2D eigenvalue weighted by atomic mass is 9.87. The van der Waals surface area contributed by atoms with E-state index >= 15 is 0 Å². The summed E-state index contributed by atoms with van der Waals surface area (Å²) >= 11 is 0. The van der Waals surface area contributed by atoms with E-state index in [0.717, 1.165) is 5.56 Å². The Morgan fingerprint density at radius 1 is 1.25 bits per heavy atom. The van der Waals surface area contributed by atoms with E-state index in [1.165, 1.54) is 6.07 Å². The maximum atomic E-state index is 12.6. The van der Waals surface area contributed by atoms with Crippen molar-refractivity contribution in [3.63, 3.8) is 0 Å². The zero-order chi connectivity index (χ0) is 17.1. The molecule has 126 valence electrons. The first-order valence-electron chi connectivity index (χ1n) is 8.33. The molecule has 1 N–H and O–H groups in total. The smallest absolute Gasteiger partial charge is 0.254 e. The molecule has 0 spiro atoms. The van der Waals surface area contributed by atoms with E-state index in [4.69, 9.17) is 0 Å². The molecule has 24 heavy (non-hydrogen) atoms. The van der Waals surface area contributed by atoms with E-state index in [9.17, 15) is 14.7 Å². The summed E-state index contributed by atoms with van der Waals surface area (Å²) in [5.41, 5.74) is 1.31. The molecular formula is C19H22N2O3. The number of aromatic nitrogens is 1. The van der Waals surface area contributed by atoms with Crippen LogP contribution in [0.15, 0.2) is 53.5 Å². The van der Waals surface area contributed by atoms with Crippen LogP contribution < -0.4 is 5.56 Å². The number of hydrogen-bond donors (Lipinski definition) is 1. The average molecular weight is 326 g/mol. The average Bonchev–Trinajstić information content (AvgIpc) is 2.61. The Hall–Kier alpha value is -2.40. The molecule has 2 atom stereocenters. The first-order chi connectivity index (χ1) is 11.6. The van der Waals surface area contributed by atoms with Crippen LogP contribution in [0.3, 0.4) is 0 Å². The number of aliphatic hydroxyl groups excluding tert-OH is 1. The van der Waals surface area contributed by atoms with Crippen LogP contribution >= 0.6 is 0 Å². The van der Waals surface area contributed by atoms with Crippen LogP contribution in [0.5, 0.6) is 0 Å².